The van der Waals surface area contributed by atoms with Crippen LogP contribution in [0.5, 0.6) is 5.75 Å². The van der Waals surface area contributed by atoms with Gasteiger partial charge in [-0.1, -0.05) is 23.8 Å². The Hall–Kier alpha value is -3.16. The summed E-state index contributed by atoms with van der Waals surface area (Å²) in [7, 11) is -2.00. The highest BCUT2D eigenvalue weighted by Crippen LogP contribution is 2.27. The number of carbonyl (C=O) groups excluding carboxylic acids is 1. The highest BCUT2D eigenvalue weighted by atomic mass is 32.2. The van der Waals surface area contributed by atoms with E-state index >= 15 is 0 Å². The Bertz CT molecular complexity index is 1200. The van der Waals surface area contributed by atoms with Crippen LogP contribution >= 0.6 is 0 Å². The molecule has 4 rings (SSSR count). The first-order valence-electron chi connectivity index (χ1n) is 10.0. The second-order valence-electron chi connectivity index (χ2n) is 7.57. The van der Waals surface area contributed by atoms with Crippen LogP contribution in [0.2, 0.25) is 0 Å². The molecule has 0 radical (unpaired) electrons. The van der Waals surface area contributed by atoms with Crippen molar-refractivity contribution in [2.24, 2.45) is 0 Å². The molecule has 1 amide bonds. The normalized spacial score (nSPS) is 14.0. The Morgan fingerprint density at radius 2 is 1.68 bits per heavy atom. The molecule has 160 valence electrons. The number of sulfonamides is 1. The van der Waals surface area contributed by atoms with Gasteiger partial charge in [-0.05, 0) is 73.0 Å². The molecule has 0 fully saturated rings. The van der Waals surface area contributed by atoms with E-state index in [2.05, 4.69) is 5.32 Å². The van der Waals surface area contributed by atoms with Crippen molar-refractivity contribution in [1.29, 1.82) is 0 Å². The van der Waals surface area contributed by atoms with E-state index in [4.69, 9.17) is 4.74 Å². The van der Waals surface area contributed by atoms with Crippen molar-refractivity contribution in [2.45, 2.75) is 24.8 Å². The zero-order valence-corrected chi connectivity index (χ0v) is 18.3. The van der Waals surface area contributed by atoms with Crippen LogP contribution in [0, 0.1) is 6.92 Å². The van der Waals surface area contributed by atoms with E-state index in [9.17, 15) is 13.2 Å². The average Bonchev–Trinajstić information content (AvgIpc) is 2.79. The lowest BCUT2D eigenvalue weighted by Crippen LogP contribution is -2.36. The first kappa shape index (κ1) is 21.1. The molecule has 1 aliphatic rings. The van der Waals surface area contributed by atoms with Gasteiger partial charge in [0, 0.05) is 24.3 Å². The zero-order chi connectivity index (χ0) is 22.0. The summed E-state index contributed by atoms with van der Waals surface area (Å²) in [6, 6.07) is 19.4. The van der Waals surface area contributed by atoms with Crippen molar-refractivity contribution < 1.29 is 17.9 Å². The highest BCUT2D eigenvalue weighted by molar-refractivity contribution is 7.89. The van der Waals surface area contributed by atoms with E-state index in [1.165, 1.54) is 4.31 Å². The minimum absolute atomic E-state index is 0.234. The van der Waals surface area contributed by atoms with Crippen molar-refractivity contribution >= 4 is 21.6 Å². The number of rotatable bonds is 5. The first-order valence-corrected chi connectivity index (χ1v) is 11.4. The third-order valence-electron chi connectivity index (χ3n) is 5.45. The van der Waals surface area contributed by atoms with Crippen LogP contribution in [0.3, 0.4) is 0 Å². The van der Waals surface area contributed by atoms with E-state index in [1.807, 2.05) is 25.1 Å². The van der Waals surface area contributed by atoms with E-state index in [-0.39, 0.29) is 12.5 Å². The molecule has 3 aromatic rings. The number of methoxy groups -OCH3 is 1. The Morgan fingerprint density at radius 1 is 0.968 bits per heavy atom. The first-order chi connectivity index (χ1) is 14.9. The smallest absolute Gasteiger partial charge is 0.255 e. The molecule has 0 spiro atoms. The molecule has 1 aliphatic heterocycles. The summed E-state index contributed by atoms with van der Waals surface area (Å²) in [4.78, 5) is 12.9. The molecule has 6 nitrogen and oxygen atoms in total. The number of nitrogens with zero attached hydrogens (tertiary/aromatic N) is 1. The number of aryl methyl sites for hydroxylation is 1. The maximum absolute atomic E-state index is 13.1. The van der Waals surface area contributed by atoms with E-state index < -0.39 is 10.0 Å². The van der Waals surface area contributed by atoms with Gasteiger partial charge >= 0.3 is 0 Å². The summed E-state index contributed by atoms with van der Waals surface area (Å²) in [6.07, 6.45) is 0.632. The van der Waals surface area contributed by atoms with E-state index in [0.717, 1.165) is 16.7 Å². The van der Waals surface area contributed by atoms with Crippen LogP contribution in [-0.4, -0.2) is 32.3 Å². The number of hydrogen-bond acceptors (Lipinski definition) is 4. The van der Waals surface area contributed by atoms with Gasteiger partial charge in [0.25, 0.3) is 5.91 Å². The van der Waals surface area contributed by atoms with Gasteiger partial charge in [-0.15, -0.1) is 0 Å². The molecule has 0 aliphatic carbocycles. The fourth-order valence-electron chi connectivity index (χ4n) is 3.62. The zero-order valence-electron chi connectivity index (χ0n) is 17.5. The Kier molecular flexibility index (Phi) is 5.80. The topological polar surface area (TPSA) is 75.7 Å². The monoisotopic (exact) mass is 436 g/mol. The number of nitrogens with one attached hydrogen (secondary N) is 1. The average molecular weight is 437 g/mol. The molecule has 0 atom stereocenters. The van der Waals surface area contributed by atoms with E-state index in [1.54, 1.807) is 55.6 Å². The predicted octanol–water partition coefficient (Wildman–Crippen LogP) is 4.00. The van der Waals surface area contributed by atoms with Crippen molar-refractivity contribution in [3.8, 4) is 5.75 Å². The van der Waals surface area contributed by atoms with Gasteiger partial charge in [0.1, 0.15) is 5.75 Å². The number of anilines is 1. The summed E-state index contributed by atoms with van der Waals surface area (Å²) in [6.45, 7) is 2.63. The summed E-state index contributed by atoms with van der Waals surface area (Å²) in [5, 5.41) is 2.89. The molecule has 3 aromatic carbocycles. The Labute approximate surface area is 182 Å². The van der Waals surface area contributed by atoms with Crippen LogP contribution in [0.1, 0.15) is 27.0 Å². The molecule has 1 N–H and O–H groups in total. The van der Waals surface area contributed by atoms with Gasteiger partial charge in [-0.2, -0.15) is 4.31 Å². The van der Waals surface area contributed by atoms with Crippen molar-refractivity contribution in [3.63, 3.8) is 0 Å². The number of benzene rings is 3. The molecule has 31 heavy (non-hydrogen) atoms. The molecular formula is C24H24N2O4S. The largest absolute Gasteiger partial charge is 0.497 e. The van der Waals surface area contributed by atoms with Crippen LogP contribution in [0.4, 0.5) is 5.69 Å². The van der Waals surface area contributed by atoms with Gasteiger partial charge in [0.05, 0.1) is 12.0 Å². The van der Waals surface area contributed by atoms with Crippen LogP contribution < -0.4 is 10.1 Å². The highest BCUT2D eigenvalue weighted by Gasteiger charge is 2.28. The third-order valence-corrected chi connectivity index (χ3v) is 7.31. The maximum atomic E-state index is 13.1. The molecule has 0 bridgehead atoms. The number of fused-ring (bicyclic) bond motifs is 1. The van der Waals surface area contributed by atoms with Crippen molar-refractivity contribution in [1.82, 2.24) is 4.31 Å². The summed E-state index contributed by atoms with van der Waals surface area (Å²) in [5.41, 5.74) is 4.16. The Morgan fingerprint density at radius 3 is 2.35 bits per heavy atom. The lowest BCUT2D eigenvalue weighted by Gasteiger charge is -2.28. The molecule has 0 saturated carbocycles. The fourth-order valence-corrected chi connectivity index (χ4v) is 5.04. The fraction of sp³-hybridized carbons (Fsp3) is 0.208. The summed E-state index contributed by atoms with van der Waals surface area (Å²) in [5.74, 6) is 0.447. The maximum Gasteiger partial charge on any atom is 0.255 e. The Balaban J connectivity index is 1.52. The lowest BCUT2D eigenvalue weighted by molar-refractivity contribution is 0.102. The molecular weight excluding hydrogens is 412 g/mol. The standard InChI is InChI=1S/C24H24N2O4S/c1-17-3-11-23(12-4-17)31(28,29)26-14-13-18-5-8-21(15-20(18)16-26)25-24(27)19-6-9-22(30-2)10-7-19/h3-12,15H,13-14,16H2,1-2H3,(H,25,27). The van der Waals surface area contributed by atoms with Crippen molar-refractivity contribution in [3.05, 3.63) is 89.0 Å². The van der Waals surface area contributed by atoms with Gasteiger partial charge in [0.2, 0.25) is 10.0 Å². The molecule has 7 heteroatoms. The quantitative estimate of drug-likeness (QED) is 0.656. The minimum Gasteiger partial charge on any atom is -0.497 e. The summed E-state index contributed by atoms with van der Waals surface area (Å²) < 4.78 is 32.7. The minimum atomic E-state index is -3.57. The number of hydrogen-bond donors (Lipinski definition) is 1. The lowest BCUT2D eigenvalue weighted by atomic mass is 10.0. The second kappa shape index (κ2) is 8.53. The van der Waals surface area contributed by atoms with Crippen LogP contribution in [0.15, 0.2) is 71.6 Å². The number of ether oxygens (including phenoxy) is 1. The van der Waals surface area contributed by atoms with E-state index in [0.29, 0.717) is 34.9 Å². The van der Waals surface area contributed by atoms with Crippen molar-refractivity contribution in [2.75, 3.05) is 19.0 Å². The second-order valence-corrected chi connectivity index (χ2v) is 9.51. The molecule has 1 heterocycles. The van der Waals surface area contributed by atoms with Crippen LogP contribution in [0.25, 0.3) is 0 Å². The number of carbonyl (C=O) groups is 1. The summed E-state index contributed by atoms with van der Waals surface area (Å²) >= 11 is 0. The number of amides is 1. The van der Waals surface area contributed by atoms with Gasteiger partial charge < -0.3 is 10.1 Å². The molecule has 0 unspecified atom stereocenters. The third kappa shape index (κ3) is 4.47. The molecule has 0 saturated heterocycles. The molecule has 0 aromatic heterocycles. The predicted molar refractivity (Wildman–Crippen MR) is 120 cm³/mol. The SMILES string of the molecule is COc1ccc(C(=O)Nc2ccc3c(c2)CN(S(=O)(=O)c2ccc(C)cc2)CC3)cc1. The van der Waals surface area contributed by atoms with Crippen LogP contribution in [-0.2, 0) is 23.0 Å². The van der Waals surface area contributed by atoms with Gasteiger partial charge in [-0.3, -0.25) is 4.79 Å². The van der Waals surface area contributed by atoms with Gasteiger partial charge in [-0.25, -0.2) is 8.42 Å². The van der Waals surface area contributed by atoms with Gasteiger partial charge in [0.15, 0.2) is 0 Å².